The molecule has 0 saturated heterocycles. The maximum atomic E-state index is 11.3. The monoisotopic (exact) mass is 347 g/mol. The van der Waals surface area contributed by atoms with E-state index in [1.165, 1.54) is 0 Å². The van der Waals surface area contributed by atoms with Crippen LogP contribution in [0.2, 0.25) is 5.02 Å². The fraction of sp³-hybridized carbons (Fsp3) is 0.235. The lowest BCUT2D eigenvalue weighted by Crippen LogP contribution is -2.02. The number of hydrogen-bond acceptors (Lipinski definition) is 4. The minimum absolute atomic E-state index is 0.221. The molecule has 1 heterocycles. The summed E-state index contributed by atoms with van der Waals surface area (Å²) in [6, 6.07) is 9.22. The average molecular weight is 348 g/mol. The van der Waals surface area contributed by atoms with Gasteiger partial charge in [-0.15, -0.1) is 0 Å². The summed E-state index contributed by atoms with van der Waals surface area (Å²) in [7, 11) is 1.58. The highest BCUT2D eigenvalue weighted by molar-refractivity contribution is 6.31. The topological polar surface area (TPSA) is 79.1 Å². The predicted molar refractivity (Wildman–Crippen MR) is 95.4 cm³/mol. The van der Waals surface area contributed by atoms with Gasteiger partial charge in [0.25, 0.3) is 0 Å². The highest BCUT2D eigenvalue weighted by Crippen LogP contribution is 2.33. The molecule has 1 aromatic heterocycles. The molecule has 0 aliphatic rings. The zero-order chi connectivity index (χ0) is 17.1. The number of H-pyrrole nitrogens is 2. The first-order valence-electron chi connectivity index (χ1n) is 7.56. The Morgan fingerprint density at radius 2 is 1.92 bits per heavy atom. The third-order valence-corrected chi connectivity index (χ3v) is 3.98. The van der Waals surface area contributed by atoms with E-state index in [2.05, 4.69) is 15.3 Å². The SMILES string of the molecule is CCOc1cc(CNc2ccc3[nH]c(=O)[nH]c3c2)c(Cl)cc1OC. The summed E-state index contributed by atoms with van der Waals surface area (Å²) in [6.45, 7) is 2.98. The van der Waals surface area contributed by atoms with Crippen LogP contribution in [-0.2, 0) is 6.54 Å². The van der Waals surface area contributed by atoms with E-state index in [0.29, 0.717) is 29.7 Å². The fourth-order valence-electron chi connectivity index (χ4n) is 2.48. The van der Waals surface area contributed by atoms with E-state index in [1.54, 1.807) is 13.2 Å². The molecule has 3 rings (SSSR count). The smallest absolute Gasteiger partial charge is 0.323 e. The number of halogens is 1. The quantitative estimate of drug-likeness (QED) is 0.637. The number of benzene rings is 2. The third-order valence-electron chi connectivity index (χ3n) is 3.63. The Bertz CT molecular complexity index is 917. The van der Waals surface area contributed by atoms with Crippen molar-refractivity contribution in [2.75, 3.05) is 19.0 Å². The van der Waals surface area contributed by atoms with Gasteiger partial charge in [0.05, 0.1) is 24.8 Å². The van der Waals surface area contributed by atoms with Crippen LogP contribution in [0, 0.1) is 0 Å². The van der Waals surface area contributed by atoms with E-state index in [-0.39, 0.29) is 5.69 Å². The molecule has 0 amide bonds. The van der Waals surface area contributed by atoms with Crippen LogP contribution in [0.25, 0.3) is 11.0 Å². The molecule has 7 heteroatoms. The summed E-state index contributed by atoms with van der Waals surface area (Å²) in [5.74, 6) is 1.27. The van der Waals surface area contributed by atoms with E-state index in [0.717, 1.165) is 22.3 Å². The summed E-state index contributed by atoms with van der Waals surface area (Å²) in [5.41, 5.74) is 3.07. The molecule has 0 fully saturated rings. The Morgan fingerprint density at radius 1 is 1.12 bits per heavy atom. The van der Waals surface area contributed by atoms with Gasteiger partial charge in [-0.25, -0.2) is 4.79 Å². The molecular formula is C17H18ClN3O3. The predicted octanol–water partition coefficient (Wildman–Crippen LogP) is 3.53. The largest absolute Gasteiger partial charge is 0.493 e. The van der Waals surface area contributed by atoms with Crippen LogP contribution >= 0.6 is 11.6 Å². The molecule has 0 aliphatic heterocycles. The van der Waals surface area contributed by atoms with Crippen molar-refractivity contribution in [3.05, 3.63) is 51.4 Å². The average Bonchev–Trinajstić information content (AvgIpc) is 2.94. The highest BCUT2D eigenvalue weighted by atomic mass is 35.5. The molecule has 0 bridgehead atoms. The van der Waals surface area contributed by atoms with Gasteiger partial charge in [0.15, 0.2) is 11.5 Å². The van der Waals surface area contributed by atoms with E-state index < -0.39 is 0 Å². The maximum absolute atomic E-state index is 11.3. The van der Waals surface area contributed by atoms with Crippen molar-refractivity contribution in [3.63, 3.8) is 0 Å². The number of hydrogen-bond donors (Lipinski definition) is 3. The summed E-state index contributed by atoms with van der Waals surface area (Å²) in [4.78, 5) is 16.8. The number of nitrogens with one attached hydrogen (secondary N) is 3. The standard InChI is InChI=1S/C17H18ClN3O3/c1-3-24-16-6-10(12(18)8-15(16)23-2)9-19-11-4-5-13-14(7-11)21-17(22)20-13/h4-8,19H,3,9H2,1-2H3,(H2,20,21,22). The Morgan fingerprint density at radius 3 is 2.67 bits per heavy atom. The van der Waals surface area contributed by atoms with E-state index >= 15 is 0 Å². The number of methoxy groups -OCH3 is 1. The van der Waals surface area contributed by atoms with Crippen LogP contribution in [0.4, 0.5) is 5.69 Å². The van der Waals surface area contributed by atoms with E-state index in [4.69, 9.17) is 21.1 Å². The normalized spacial score (nSPS) is 10.8. The maximum Gasteiger partial charge on any atom is 0.323 e. The third kappa shape index (κ3) is 3.33. The van der Waals surface area contributed by atoms with Crippen molar-refractivity contribution in [1.29, 1.82) is 0 Å². The second kappa shape index (κ2) is 6.88. The van der Waals surface area contributed by atoms with Crippen LogP contribution in [0.15, 0.2) is 35.1 Å². The Balaban J connectivity index is 1.81. The summed E-state index contributed by atoms with van der Waals surface area (Å²) in [5, 5.41) is 3.89. The van der Waals surface area contributed by atoms with Gasteiger partial charge in [-0.05, 0) is 36.8 Å². The van der Waals surface area contributed by atoms with Gasteiger partial charge < -0.3 is 24.8 Å². The molecule has 24 heavy (non-hydrogen) atoms. The molecule has 0 spiro atoms. The second-order valence-electron chi connectivity index (χ2n) is 5.22. The number of aromatic nitrogens is 2. The number of aromatic amines is 2. The summed E-state index contributed by atoms with van der Waals surface area (Å²) >= 11 is 6.32. The summed E-state index contributed by atoms with van der Waals surface area (Å²) < 4.78 is 10.9. The van der Waals surface area contributed by atoms with E-state index in [9.17, 15) is 4.79 Å². The Labute approximate surface area is 143 Å². The first-order valence-corrected chi connectivity index (χ1v) is 7.93. The molecule has 3 N–H and O–H groups in total. The molecule has 126 valence electrons. The van der Waals surface area contributed by atoms with Crippen molar-refractivity contribution < 1.29 is 9.47 Å². The van der Waals surface area contributed by atoms with Gasteiger partial charge in [-0.2, -0.15) is 0 Å². The molecule has 0 unspecified atom stereocenters. The van der Waals surface area contributed by atoms with Crippen LogP contribution in [-0.4, -0.2) is 23.7 Å². The van der Waals surface area contributed by atoms with Crippen molar-refractivity contribution in [2.24, 2.45) is 0 Å². The van der Waals surface area contributed by atoms with Gasteiger partial charge in [-0.1, -0.05) is 11.6 Å². The van der Waals surface area contributed by atoms with Crippen LogP contribution < -0.4 is 20.5 Å². The minimum atomic E-state index is -0.221. The molecule has 0 aliphatic carbocycles. The lowest BCUT2D eigenvalue weighted by Gasteiger charge is -2.14. The van der Waals surface area contributed by atoms with Crippen LogP contribution in [0.1, 0.15) is 12.5 Å². The minimum Gasteiger partial charge on any atom is -0.493 e. The van der Waals surface area contributed by atoms with Crippen molar-refractivity contribution >= 4 is 28.3 Å². The molecule has 6 nitrogen and oxygen atoms in total. The van der Waals surface area contributed by atoms with Gasteiger partial charge in [0.2, 0.25) is 0 Å². The number of fused-ring (bicyclic) bond motifs is 1. The van der Waals surface area contributed by atoms with Gasteiger partial charge in [0, 0.05) is 23.3 Å². The first kappa shape index (κ1) is 16.3. The number of anilines is 1. The van der Waals surface area contributed by atoms with Crippen molar-refractivity contribution in [3.8, 4) is 11.5 Å². The lowest BCUT2D eigenvalue weighted by molar-refractivity contribution is 0.310. The molecule has 0 saturated carbocycles. The number of imidazole rings is 1. The van der Waals surface area contributed by atoms with E-state index in [1.807, 2.05) is 31.2 Å². The molecule has 3 aromatic rings. The lowest BCUT2D eigenvalue weighted by atomic mass is 10.2. The molecule has 2 aromatic carbocycles. The first-order chi connectivity index (χ1) is 11.6. The number of ether oxygens (including phenoxy) is 2. The van der Waals surface area contributed by atoms with Gasteiger partial charge >= 0.3 is 5.69 Å². The molecular weight excluding hydrogens is 330 g/mol. The second-order valence-corrected chi connectivity index (χ2v) is 5.63. The Hall–Kier alpha value is -2.60. The van der Waals surface area contributed by atoms with Gasteiger partial charge in [0.1, 0.15) is 0 Å². The zero-order valence-corrected chi connectivity index (χ0v) is 14.2. The zero-order valence-electron chi connectivity index (χ0n) is 13.4. The van der Waals surface area contributed by atoms with Crippen LogP contribution in [0.5, 0.6) is 11.5 Å². The molecule has 0 radical (unpaired) electrons. The number of rotatable bonds is 6. The summed E-state index contributed by atoms with van der Waals surface area (Å²) in [6.07, 6.45) is 0. The van der Waals surface area contributed by atoms with Crippen molar-refractivity contribution in [2.45, 2.75) is 13.5 Å². The van der Waals surface area contributed by atoms with Crippen LogP contribution in [0.3, 0.4) is 0 Å². The van der Waals surface area contributed by atoms with Crippen molar-refractivity contribution in [1.82, 2.24) is 9.97 Å². The van der Waals surface area contributed by atoms with Gasteiger partial charge in [-0.3, -0.25) is 0 Å². The Kier molecular flexibility index (Phi) is 4.66. The fourth-order valence-corrected chi connectivity index (χ4v) is 2.70. The molecule has 0 atom stereocenters. The highest BCUT2D eigenvalue weighted by Gasteiger charge is 2.10.